The van der Waals surface area contributed by atoms with E-state index in [4.69, 9.17) is 0 Å². The Balaban J connectivity index is 1.43. The maximum atomic E-state index is 12.5. The number of likely N-dealkylation sites (tertiary alicyclic amines) is 1. The third-order valence-electron chi connectivity index (χ3n) is 5.02. The van der Waals surface area contributed by atoms with Gasteiger partial charge in [-0.1, -0.05) is 22.0 Å². The van der Waals surface area contributed by atoms with Gasteiger partial charge >= 0.3 is 6.03 Å². The lowest BCUT2D eigenvalue weighted by molar-refractivity contribution is -0.131. The summed E-state index contributed by atoms with van der Waals surface area (Å²) in [5.74, 6) is -0.396. The van der Waals surface area contributed by atoms with Gasteiger partial charge in [-0.15, -0.1) is 0 Å². The molecule has 0 aliphatic carbocycles. The maximum Gasteiger partial charge on any atom is 0.320 e. The zero-order chi connectivity index (χ0) is 19.2. The number of nitrogens with one attached hydrogen (secondary N) is 1. The van der Waals surface area contributed by atoms with Crippen molar-refractivity contribution in [3.63, 3.8) is 0 Å². The van der Waals surface area contributed by atoms with Crippen LogP contribution in [-0.2, 0) is 4.79 Å². The van der Waals surface area contributed by atoms with E-state index in [1.54, 1.807) is 23.1 Å². The minimum Gasteiger partial charge on any atom is -0.343 e. The van der Waals surface area contributed by atoms with Gasteiger partial charge in [-0.25, -0.2) is 4.79 Å². The van der Waals surface area contributed by atoms with Crippen molar-refractivity contribution in [2.75, 3.05) is 45.8 Å². The number of piperazine rings is 1. The Morgan fingerprint density at radius 2 is 1.52 bits per heavy atom. The van der Waals surface area contributed by atoms with E-state index >= 15 is 0 Å². The molecular formula is C19H25BrN4O3. The van der Waals surface area contributed by atoms with Crippen LogP contribution < -0.4 is 5.32 Å². The SMILES string of the molecule is O=C(NCC(=O)N1CCN(C(=O)N2CCCCC2)CC1)c1cccc(Br)c1. The van der Waals surface area contributed by atoms with Crippen LogP contribution in [0, 0.1) is 0 Å². The lowest BCUT2D eigenvalue weighted by atomic mass is 10.1. The fourth-order valence-corrected chi connectivity index (χ4v) is 3.83. The Kier molecular flexibility index (Phi) is 6.71. The molecule has 0 radical (unpaired) electrons. The molecular weight excluding hydrogens is 412 g/mol. The van der Waals surface area contributed by atoms with E-state index in [1.807, 2.05) is 15.9 Å². The first kappa shape index (κ1) is 19.7. The monoisotopic (exact) mass is 436 g/mol. The molecule has 2 heterocycles. The zero-order valence-corrected chi connectivity index (χ0v) is 16.9. The molecule has 2 fully saturated rings. The van der Waals surface area contributed by atoms with Gasteiger partial charge in [-0.2, -0.15) is 0 Å². The molecule has 4 amide bonds. The highest BCUT2D eigenvalue weighted by Crippen LogP contribution is 2.13. The average molecular weight is 437 g/mol. The molecule has 2 saturated heterocycles. The number of carbonyl (C=O) groups excluding carboxylic acids is 3. The van der Waals surface area contributed by atoms with Crippen molar-refractivity contribution in [2.24, 2.45) is 0 Å². The molecule has 1 N–H and O–H groups in total. The second-order valence-corrected chi connectivity index (χ2v) is 7.81. The molecule has 7 nitrogen and oxygen atoms in total. The molecule has 1 aromatic rings. The van der Waals surface area contributed by atoms with Crippen LogP contribution in [-0.4, -0.2) is 78.4 Å². The number of nitrogens with zero attached hydrogens (tertiary/aromatic N) is 3. The number of amides is 4. The summed E-state index contributed by atoms with van der Waals surface area (Å²) in [4.78, 5) is 42.5. The van der Waals surface area contributed by atoms with Crippen LogP contribution >= 0.6 is 15.9 Å². The molecule has 0 spiro atoms. The molecule has 1 aromatic carbocycles. The van der Waals surface area contributed by atoms with Gasteiger partial charge in [0, 0.05) is 49.3 Å². The molecule has 2 aliphatic heterocycles. The highest BCUT2D eigenvalue weighted by Gasteiger charge is 2.27. The summed E-state index contributed by atoms with van der Waals surface area (Å²) in [5.41, 5.74) is 0.508. The van der Waals surface area contributed by atoms with E-state index in [2.05, 4.69) is 21.2 Å². The Bertz CT molecular complexity index is 698. The van der Waals surface area contributed by atoms with Crippen LogP contribution in [0.15, 0.2) is 28.7 Å². The summed E-state index contributed by atoms with van der Waals surface area (Å²) in [6, 6.07) is 7.12. The molecule has 0 atom stereocenters. The van der Waals surface area contributed by atoms with Crippen molar-refractivity contribution in [3.05, 3.63) is 34.3 Å². The molecule has 3 rings (SSSR count). The van der Waals surface area contributed by atoms with Crippen LogP contribution in [0.1, 0.15) is 29.6 Å². The Labute approximate surface area is 167 Å². The Hall–Kier alpha value is -2.09. The van der Waals surface area contributed by atoms with Crippen LogP contribution in [0.2, 0.25) is 0 Å². The molecule has 0 unspecified atom stereocenters. The Morgan fingerprint density at radius 3 is 2.19 bits per heavy atom. The highest BCUT2D eigenvalue weighted by atomic mass is 79.9. The van der Waals surface area contributed by atoms with Gasteiger partial charge in [-0.05, 0) is 37.5 Å². The van der Waals surface area contributed by atoms with Gasteiger partial charge in [0.2, 0.25) is 5.91 Å². The van der Waals surface area contributed by atoms with Crippen molar-refractivity contribution < 1.29 is 14.4 Å². The van der Waals surface area contributed by atoms with Crippen LogP contribution in [0.25, 0.3) is 0 Å². The minimum absolute atomic E-state index is 0.0363. The third kappa shape index (κ3) is 5.22. The first-order chi connectivity index (χ1) is 13.0. The van der Waals surface area contributed by atoms with Crippen LogP contribution in [0.4, 0.5) is 4.79 Å². The quantitative estimate of drug-likeness (QED) is 0.786. The van der Waals surface area contributed by atoms with Crippen molar-refractivity contribution in [1.82, 2.24) is 20.0 Å². The number of carbonyl (C=O) groups is 3. The molecule has 0 aromatic heterocycles. The predicted octanol–water partition coefficient (Wildman–Crippen LogP) is 1.93. The van der Waals surface area contributed by atoms with Crippen LogP contribution in [0.3, 0.4) is 0 Å². The molecule has 0 bridgehead atoms. The summed E-state index contributed by atoms with van der Waals surface area (Å²) in [6.45, 7) is 3.72. The fourth-order valence-electron chi connectivity index (χ4n) is 3.43. The topological polar surface area (TPSA) is 73.0 Å². The lowest BCUT2D eigenvalue weighted by Crippen LogP contribution is -2.55. The molecule has 2 aliphatic rings. The number of piperidine rings is 1. The Morgan fingerprint density at radius 1 is 0.889 bits per heavy atom. The zero-order valence-electron chi connectivity index (χ0n) is 15.3. The standard InChI is InChI=1S/C19H25BrN4O3/c20-16-6-4-5-15(13-16)18(26)21-14-17(25)22-9-11-24(12-10-22)19(27)23-7-2-1-3-8-23/h4-6,13H,1-3,7-12,14H2,(H,21,26). The molecule has 27 heavy (non-hydrogen) atoms. The first-order valence-corrected chi connectivity index (χ1v) is 10.2. The van der Waals surface area contributed by atoms with E-state index in [1.165, 1.54) is 6.42 Å². The number of hydrogen-bond acceptors (Lipinski definition) is 3. The lowest BCUT2D eigenvalue weighted by Gasteiger charge is -2.38. The number of hydrogen-bond donors (Lipinski definition) is 1. The number of halogens is 1. The van der Waals surface area contributed by atoms with Gasteiger partial charge in [-0.3, -0.25) is 9.59 Å². The fraction of sp³-hybridized carbons (Fsp3) is 0.526. The smallest absolute Gasteiger partial charge is 0.320 e. The third-order valence-corrected chi connectivity index (χ3v) is 5.51. The molecule has 8 heteroatoms. The minimum atomic E-state index is -0.274. The summed E-state index contributed by atoms with van der Waals surface area (Å²) >= 11 is 3.33. The molecule has 146 valence electrons. The van der Waals surface area contributed by atoms with Crippen molar-refractivity contribution in [1.29, 1.82) is 0 Å². The normalized spacial score (nSPS) is 17.6. The van der Waals surface area contributed by atoms with Gasteiger partial charge < -0.3 is 20.0 Å². The van der Waals surface area contributed by atoms with E-state index in [0.717, 1.165) is 30.4 Å². The van der Waals surface area contributed by atoms with E-state index in [0.29, 0.717) is 31.7 Å². The summed E-state index contributed by atoms with van der Waals surface area (Å²) in [5, 5.41) is 2.67. The number of benzene rings is 1. The largest absolute Gasteiger partial charge is 0.343 e. The van der Waals surface area contributed by atoms with Crippen molar-refractivity contribution >= 4 is 33.8 Å². The van der Waals surface area contributed by atoms with Crippen LogP contribution in [0.5, 0.6) is 0 Å². The predicted molar refractivity (Wildman–Crippen MR) is 105 cm³/mol. The van der Waals surface area contributed by atoms with Gasteiger partial charge in [0.05, 0.1) is 6.54 Å². The second kappa shape index (κ2) is 9.21. The van der Waals surface area contributed by atoms with Gasteiger partial charge in [0.15, 0.2) is 0 Å². The number of rotatable bonds is 3. The first-order valence-electron chi connectivity index (χ1n) is 9.40. The second-order valence-electron chi connectivity index (χ2n) is 6.89. The van der Waals surface area contributed by atoms with E-state index < -0.39 is 0 Å². The summed E-state index contributed by atoms with van der Waals surface area (Å²) in [7, 11) is 0. The van der Waals surface area contributed by atoms with E-state index in [9.17, 15) is 14.4 Å². The number of urea groups is 1. The summed E-state index contributed by atoms with van der Waals surface area (Å²) in [6.07, 6.45) is 3.33. The highest BCUT2D eigenvalue weighted by molar-refractivity contribution is 9.10. The maximum absolute atomic E-state index is 12.5. The average Bonchev–Trinajstić information content (AvgIpc) is 2.72. The van der Waals surface area contributed by atoms with Crippen molar-refractivity contribution in [2.45, 2.75) is 19.3 Å². The van der Waals surface area contributed by atoms with Crippen molar-refractivity contribution in [3.8, 4) is 0 Å². The summed E-state index contributed by atoms with van der Waals surface area (Å²) < 4.78 is 0.816. The van der Waals surface area contributed by atoms with Gasteiger partial charge in [0.1, 0.15) is 0 Å². The van der Waals surface area contributed by atoms with E-state index in [-0.39, 0.29) is 24.4 Å². The van der Waals surface area contributed by atoms with Gasteiger partial charge in [0.25, 0.3) is 5.91 Å². The molecule has 0 saturated carbocycles.